The summed E-state index contributed by atoms with van der Waals surface area (Å²) in [7, 11) is 1.69. The van der Waals surface area contributed by atoms with Crippen LogP contribution in [0.1, 0.15) is 37.1 Å². The number of hydrogen-bond acceptors (Lipinski definition) is 6. The van der Waals surface area contributed by atoms with Crippen molar-refractivity contribution in [2.24, 2.45) is 0 Å². The van der Waals surface area contributed by atoms with Gasteiger partial charge in [0.05, 0.1) is 19.8 Å². The maximum Gasteiger partial charge on any atom is 0.123 e. The standard InChI is InChI=1S/C29H32O6.2CH4/c1-30-12-13-31-29-16-23(14-21-3-8-25(9-4-21)32-17-27-19-34-27)2-7-24(29)15-22-5-10-26(11-6-22)33-18-28-20-35-28;;/h2-11,16,27-28H,12-15,17-20H2,1H3;2*1H4. The van der Waals surface area contributed by atoms with Gasteiger partial charge in [0.2, 0.25) is 0 Å². The van der Waals surface area contributed by atoms with Gasteiger partial charge in [-0.2, -0.15) is 0 Å². The van der Waals surface area contributed by atoms with E-state index in [1.165, 1.54) is 16.7 Å². The molecule has 0 amide bonds. The molecule has 0 N–H and O–H groups in total. The molecule has 3 aromatic rings. The second-order valence-electron chi connectivity index (χ2n) is 8.96. The van der Waals surface area contributed by atoms with Crippen molar-refractivity contribution in [3.05, 3.63) is 89.0 Å². The molecule has 0 saturated carbocycles. The molecular formula is C31H40O6. The summed E-state index contributed by atoms with van der Waals surface area (Å²) in [6, 6.07) is 23.0. The maximum atomic E-state index is 6.11. The van der Waals surface area contributed by atoms with Crippen LogP contribution in [0.3, 0.4) is 0 Å². The Morgan fingerprint density at radius 2 is 1.16 bits per heavy atom. The predicted molar refractivity (Wildman–Crippen MR) is 146 cm³/mol. The van der Waals surface area contributed by atoms with Gasteiger partial charge in [-0.05, 0) is 59.0 Å². The Balaban J connectivity index is 0.00000190. The first-order valence-electron chi connectivity index (χ1n) is 12.2. The molecule has 2 atom stereocenters. The van der Waals surface area contributed by atoms with Gasteiger partial charge >= 0.3 is 0 Å². The summed E-state index contributed by atoms with van der Waals surface area (Å²) in [4.78, 5) is 0. The molecule has 200 valence electrons. The highest BCUT2D eigenvalue weighted by Crippen LogP contribution is 2.27. The van der Waals surface area contributed by atoms with E-state index in [1.807, 2.05) is 24.3 Å². The number of epoxide rings is 2. The van der Waals surface area contributed by atoms with Crippen molar-refractivity contribution in [1.82, 2.24) is 0 Å². The SMILES string of the molecule is C.C.COCCOc1cc(Cc2ccc(OCC3CO3)cc2)ccc1Cc1ccc(OCC2CO2)cc1. The minimum Gasteiger partial charge on any atom is -0.491 e. The second-order valence-corrected chi connectivity index (χ2v) is 8.96. The van der Waals surface area contributed by atoms with Gasteiger partial charge in [-0.1, -0.05) is 51.3 Å². The Morgan fingerprint density at radius 1 is 0.649 bits per heavy atom. The molecule has 0 radical (unpaired) electrons. The van der Waals surface area contributed by atoms with Crippen molar-refractivity contribution in [1.29, 1.82) is 0 Å². The molecule has 2 aliphatic heterocycles. The zero-order valence-corrected chi connectivity index (χ0v) is 20.1. The third kappa shape index (κ3) is 9.08. The third-order valence-electron chi connectivity index (χ3n) is 6.00. The lowest BCUT2D eigenvalue weighted by atomic mass is 9.99. The van der Waals surface area contributed by atoms with Gasteiger partial charge in [-0.3, -0.25) is 0 Å². The van der Waals surface area contributed by atoms with E-state index in [1.54, 1.807) is 7.11 Å². The summed E-state index contributed by atoms with van der Waals surface area (Å²) in [6.45, 7) is 3.90. The van der Waals surface area contributed by atoms with Crippen molar-refractivity contribution in [3.8, 4) is 17.2 Å². The van der Waals surface area contributed by atoms with Crippen LogP contribution in [0, 0.1) is 0 Å². The van der Waals surface area contributed by atoms with Crippen LogP contribution >= 0.6 is 0 Å². The van der Waals surface area contributed by atoms with Crippen molar-refractivity contribution in [3.63, 3.8) is 0 Å². The Morgan fingerprint density at radius 3 is 1.68 bits per heavy atom. The van der Waals surface area contributed by atoms with E-state index in [9.17, 15) is 0 Å². The minimum absolute atomic E-state index is 0. The quantitative estimate of drug-likeness (QED) is 0.205. The average molecular weight is 509 g/mol. The first-order valence-corrected chi connectivity index (χ1v) is 12.2. The highest BCUT2D eigenvalue weighted by Gasteiger charge is 2.23. The maximum absolute atomic E-state index is 6.11. The summed E-state index contributed by atoms with van der Waals surface area (Å²) in [5.41, 5.74) is 4.78. The van der Waals surface area contributed by atoms with Gasteiger partial charge < -0.3 is 28.4 Å². The smallest absolute Gasteiger partial charge is 0.123 e. The molecule has 5 rings (SSSR count). The van der Waals surface area contributed by atoms with E-state index in [-0.39, 0.29) is 27.1 Å². The molecular weight excluding hydrogens is 468 g/mol. The van der Waals surface area contributed by atoms with E-state index >= 15 is 0 Å². The van der Waals surface area contributed by atoms with Gasteiger partial charge in [0.25, 0.3) is 0 Å². The Hall–Kier alpha value is -3.06. The zero-order valence-electron chi connectivity index (χ0n) is 20.1. The van der Waals surface area contributed by atoms with Crippen molar-refractivity contribution in [2.45, 2.75) is 39.9 Å². The first-order chi connectivity index (χ1) is 17.2. The number of rotatable bonds is 14. The van der Waals surface area contributed by atoms with Crippen LogP contribution in [0.4, 0.5) is 0 Å². The van der Waals surface area contributed by atoms with E-state index in [2.05, 4.69) is 42.5 Å². The topological polar surface area (TPSA) is 62.0 Å². The summed E-state index contributed by atoms with van der Waals surface area (Å²) in [5.74, 6) is 2.64. The van der Waals surface area contributed by atoms with Gasteiger partial charge in [0.1, 0.15) is 49.3 Å². The fourth-order valence-corrected chi connectivity index (χ4v) is 3.79. The largest absolute Gasteiger partial charge is 0.491 e. The van der Waals surface area contributed by atoms with Crippen molar-refractivity contribution >= 4 is 0 Å². The number of hydrogen-bond donors (Lipinski definition) is 0. The van der Waals surface area contributed by atoms with E-state index in [0.717, 1.165) is 48.9 Å². The van der Waals surface area contributed by atoms with Gasteiger partial charge in [-0.15, -0.1) is 0 Å². The van der Waals surface area contributed by atoms with Gasteiger partial charge in [0, 0.05) is 13.5 Å². The molecule has 0 aromatic heterocycles. The normalized spacial score (nSPS) is 17.2. The summed E-state index contributed by atoms with van der Waals surface area (Å²) < 4.78 is 33.2. The van der Waals surface area contributed by atoms with E-state index in [4.69, 9.17) is 28.4 Å². The fraction of sp³-hybridized carbons (Fsp3) is 0.419. The van der Waals surface area contributed by atoms with Crippen LogP contribution in [0.25, 0.3) is 0 Å². The second kappa shape index (κ2) is 14.0. The number of methoxy groups -OCH3 is 1. The van der Waals surface area contributed by atoms with Crippen LogP contribution in [-0.4, -0.2) is 59.0 Å². The Labute approximate surface area is 221 Å². The average Bonchev–Trinajstić information content (AvgIpc) is 3.80. The van der Waals surface area contributed by atoms with E-state index < -0.39 is 0 Å². The molecule has 0 spiro atoms. The highest BCUT2D eigenvalue weighted by molar-refractivity contribution is 5.43. The first kappa shape index (κ1) is 28.5. The van der Waals surface area contributed by atoms with Crippen LogP contribution < -0.4 is 14.2 Å². The molecule has 3 aromatic carbocycles. The minimum atomic E-state index is 0. The summed E-state index contributed by atoms with van der Waals surface area (Å²) in [6.07, 6.45) is 2.13. The molecule has 2 aliphatic rings. The Kier molecular flexibility index (Phi) is 10.8. The lowest BCUT2D eigenvalue weighted by molar-refractivity contribution is 0.146. The molecule has 6 heteroatoms. The summed E-state index contributed by atoms with van der Waals surface area (Å²) in [5, 5.41) is 0. The molecule has 2 unspecified atom stereocenters. The van der Waals surface area contributed by atoms with Gasteiger partial charge in [-0.25, -0.2) is 0 Å². The molecule has 0 bridgehead atoms. The summed E-state index contributed by atoms with van der Waals surface area (Å²) >= 11 is 0. The lowest BCUT2D eigenvalue weighted by Crippen LogP contribution is -2.07. The van der Waals surface area contributed by atoms with Crippen LogP contribution in [0.15, 0.2) is 66.7 Å². The van der Waals surface area contributed by atoms with Crippen LogP contribution in [0.5, 0.6) is 17.2 Å². The van der Waals surface area contributed by atoms with Crippen LogP contribution in [0.2, 0.25) is 0 Å². The molecule has 0 aliphatic carbocycles. The fourth-order valence-electron chi connectivity index (χ4n) is 3.79. The molecule has 2 heterocycles. The highest BCUT2D eigenvalue weighted by atomic mass is 16.6. The van der Waals surface area contributed by atoms with Gasteiger partial charge in [0.15, 0.2) is 0 Å². The van der Waals surface area contributed by atoms with E-state index in [0.29, 0.717) is 26.4 Å². The predicted octanol–water partition coefficient (Wildman–Crippen LogP) is 5.72. The van der Waals surface area contributed by atoms with Crippen LogP contribution in [-0.2, 0) is 27.1 Å². The number of benzene rings is 3. The molecule has 2 fully saturated rings. The Bertz CT molecular complexity index is 1070. The third-order valence-corrected chi connectivity index (χ3v) is 6.00. The molecule has 37 heavy (non-hydrogen) atoms. The molecule has 2 saturated heterocycles. The monoisotopic (exact) mass is 508 g/mol. The lowest BCUT2D eigenvalue weighted by Gasteiger charge is -2.14. The van der Waals surface area contributed by atoms with Crippen molar-refractivity contribution in [2.75, 3.05) is 46.8 Å². The zero-order chi connectivity index (χ0) is 23.9. The number of ether oxygens (including phenoxy) is 6. The molecule has 6 nitrogen and oxygen atoms in total. The van der Waals surface area contributed by atoms with Crippen molar-refractivity contribution < 1.29 is 28.4 Å².